The molecular formula is C16H17BrN4O2. The second-order valence-electron chi connectivity index (χ2n) is 5.28. The van der Waals surface area contributed by atoms with Gasteiger partial charge in [-0.2, -0.15) is 0 Å². The number of carbonyl (C=O) groups is 1. The van der Waals surface area contributed by atoms with E-state index < -0.39 is 0 Å². The largest absolute Gasteiger partial charge is 0.376 e. The van der Waals surface area contributed by atoms with Gasteiger partial charge in [-0.05, 0) is 43.2 Å². The van der Waals surface area contributed by atoms with Crippen molar-refractivity contribution in [2.75, 3.05) is 23.8 Å². The number of aromatic nitrogens is 2. The van der Waals surface area contributed by atoms with Gasteiger partial charge in [0.15, 0.2) is 5.82 Å². The minimum Gasteiger partial charge on any atom is -0.376 e. The Kier molecular flexibility index (Phi) is 5.19. The van der Waals surface area contributed by atoms with E-state index in [4.69, 9.17) is 4.74 Å². The van der Waals surface area contributed by atoms with Gasteiger partial charge in [0.25, 0.3) is 5.91 Å². The molecule has 1 saturated heterocycles. The van der Waals surface area contributed by atoms with Crippen molar-refractivity contribution in [2.24, 2.45) is 0 Å². The van der Waals surface area contributed by atoms with E-state index in [1.807, 2.05) is 12.1 Å². The molecule has 1 aromatic heterocycles. The molecule has 1 fully saturated rings. The predicted octanol–water partition coefficient (Wildman–Crippen LogP) is 3.08. The van der Waals surface area contributed by atoms with E-state index in [-0.39, 0.29) is 12.0 Å². The standard InChI is InChI=1S/C16H17BrN4O2/c17-12-4-1-3-11(9-12)16(22)19-15-7-6-14(20-21-15)18-10-13-5-2-8-23-13/h1,3-4,6-7,9,13H,2,5,8,10H2,(H,18,20)(H,19,21,22). The molecule has 0 bridgehead atoms. The number of amides is 1. The smallest absolute Gasteiger partial charge is 0.256 e. The van der Waals surface area contributed by atoms with Gasteiger partial charge in [-0.1, -0.05) is 22.0 Å². The second kappa shape index (κ2) is 7.52. The van der Waals surface area contributed by atoms with Crippen LogP contribution < -0.4 is 10.6 Å². The number of nitrogens with one attached hydrogen (secondary N) is 2. The Morgan fingerprint density at radius 3 is 2.78 bits per heavy atom. The quantitative estimate of drug-likeness (QED) is 0.838. The monoisotopic (exact) mass is 376 g/mol. The number of halogens is 1. The Bertz CT molecular complexity index is 672. The van der Waals surface area contributed by atoms with Gasteiger partial charge < -0.3 is 15.4 Å². The van der Waals surface area contributed by atoms with E-state index in [1.165, 1.54) is 0 Å². The average Bonchev–Trinajstić information content (AvgIpc) is 3.08. The molecule has 1 unspecified atom stereocenters. The van der Waals surface area contributed by atoms with Crippen molar-refractivity contribution in [3.05, 3.63) is 46.4 Å². The Morgan fingerprint density at radius 1 is 1.26 bits per heavy atom. The van der Waals surface area contributed by atoms with E-state index >= 15 is 0 Å². The Hall–Kier alpha value is -1.99. The first-order valence-corrected chi connectivity index (χ1v) is 8.26. The summed E-state index contributed by atoms with van der Waals surface area (Å²) in [6.45, 7) is 1.55. The third kappa shape index (κ3) is 4.49. The molecule has 1 amide bonds. The summed E-state index contributed by atoms with van der Waals surface area (Å²) in [6.07, 6.45) is 2.42. The van der Waals surface area contributed by atoms with Crippen LogP contribution in [0, 0.1) is 0 Å². The van der Waals surface area contributed by atoms with Crippen LogP contribution in [0.25, 0.3) is 0 Å². The zero-order valence-corrected chi connectivity index (χ0v) is 14.0. The molecule has 6 nitrogen and oxygen atoms in total. The maximum absolute atomic E-state index is 12.1. The van der Waals surface area contributed by atoms with Gasteiger partial charge in [-0.3, -0.25) is 4.79 Å². The van der Waals surface area contributed by atoms with Gasteiger partial charge >= 0.3 is 0 Å². The highest BCUT2D eigenvalue weighted by atomic mass is 79.9. The van der Waals surface area contributed by atoms with Crippen molar-refractivity contribution < 1.29 is 9.53 Å². The van der Waals surface area contributed by atoms with Crippen LogP contribution in [-0.4, -0.2) is 35.4 Å². The molecule has 120 valence electrons. The number of benzene rings is 1. The van der Waals surface area contributed by atoms with E-state index in [9.17, 15) is 4.79 Å². The van der Waals surface area contributed by atoms with E-state index in [0.29, 0.717) is 17.2 Å². The molecule has 0 radical (unpaired) electrons. The molecule has 2 aromatic rings. The summed E-state index contributed by atoms with van der Waals surface area (Å²) in [5.74, 6) is 0.860. The molecule has 0 aliphatic carbocycles. The molecule has 2 N–H and O–H groups in total. The molecular weight excluding hydrogens is 360 g/mol. The summed E-state index contributed by atoms with van der Waals surface area (Å²) in [4.78, 5) is 12.1. The summed E-state index contributed by atoms with van der Waals surface area (Å²) in [6, 6.07) is 10.7. The SMILES string of the molecule is O=C(Nc1ccc(NCC2CCCO2)nn1)c1cccc(Br)c1. The number of hydrogen-bond acceptors (Lipinski definition) is 5. The van der Waals surface area contributed by atoms with Crippen LogP contribution in [0.5, 0.6) is 0 Å². The van der Waals surface area contributed by atoms with E-state index in [0.717, 1.165) is 30.5 Å². The van der Waals surface area contributed by atoms with E-state index in [1.54, 1.807) is 24.3 Å². The van der Waals surface area contributed by atoms with Crippen LogP contribution in [0.1, 0.15) is 23.2 Å². The second-order valence-corrected chi connectivity index (χ2v) is 6.20. The molecule has 7 heteroatoms. The van der Waals surface area contributed by atoms with Crippen LogP contribution in [0.15, 0.2) is 40.9 Å². The zero-order valence-electron chi connectivity index (χ0n) is 12.5. The van der Waals surface area contributed by atoms with Crippen molar-refractivity contribution in [1.29, 1.82) is 0 Å². The fraction of sp³-hybridized carbons (Fsp3) is 0.312. The Morgan fingerprint density at radius 2 is 2.09 bits per heavy atom. The number of ether oxygens (including phenoxy) is 1. The van der Waals surface area contributed by atoms with Gasteiger partial charge in [-0.25, -0.2) is 0 Å². The lowest BCUT2D eigenvalue weighted by Crippen LogP contribution is -2.19. The molecule has 1 atom stereocenters. The van der Waals surface area contributed by atoms with Gasteiger partial charge in [-0.15, -0.1) is 10.2 Å². The van der Waals surface area contributed by atoms with Crippen molar-refractivity contribution in [2.45, 2.75) is 18.9 Å². The molecule has 1 aliphatic rings. The number of hydrogen-bond donors (Lipinski definition) is 2. The summed E-state index contributed by atoms with van der Waals surface area (Å²) >= 11 is 3.34. The van der Waals surface area contributed by atoms with Crippen LogP contribution in [0.4, 0.5) is 11.6 Å². The zero-order chi connectivity index (χ0) is 16.1. The summed E-state index contributed by atoms with van der Waals surface area (Å²) in [5, 5.41) is 14.0. The number of nitrogens with zero attached hydrogens (tertiary/aromatic N) is 2. The molecule has 1 aromatic carbocycles. The fourth-order valence-corrected chi connectivity index (χ4v) is 2.73. The first-order chi connectivity index (χ1) is 11.2. The van der Waals surface area contributed by atoms with Crippen molar-refractivity contribution in [3.8, 4) is 0 Å². The van der Waals surface area contributed by atoms with Crippen LogP contribution >= 0.6 is 15.9 Å². The highest BCUT2D eigenvalue weighted by Crippen LogP contribution is 2.15. The van der Waals surface area contributed by atoms with Crippen LogP contribution in [0.3, 0.4) is 0 Å². The summed E-state index contributed by atoms with van der Waals surface area (Å²) in [7, 11) is 0. The minimum absolute atomic E-state index is 0.222. The van der Waals surface area contributed by atoms with Crippen molar-refractivity contribution in [3.63, 3.8) is 0 Å². The summed E-state index contributed by atoms with van der Waals surface area (Å²) in [5.41, 5.74) is 0.557. The maximum Gasteiger partial charge on any atom is 0.256 e. The van der Waals surface area contributed by atoms with Gasteiger partial charge in [0.1, 0.15) is 5.82 Å². The minimum atomic E-state index is -0.222. The molecule has 0 saturated carbocycles. The topological polar surface area (TPSA) is 76.1 Å². The number of rotatable bonds is 5. The number of carbonyl (C=O) groups excluding carboxylic acids is 1. The molecule has 2 heterocycles. The van der Waals surface area contributed by atoms with Gasteiger partial charge in [0.05, 0.1) is 6.10 Å². The molecule has 0 spiro atoms. The average molecular weight is 377 g/mol. The maximum atomic E-state index is 12.1. The highest BCUT2D eigenvalue weighted by Gasteiger charge is 2.15. The highest BCUT2D eigenvalue weighted by molar-refractivity contribution is 9.10. The number of anilines is 2. The predicted molar refractivity (Wildman–Crippen MR) is 91.6 cm³/mol. The molecule has 23 heavy (non-hydrogen) atoms. The fourth-order valence-electron chi connectivity index (χ4n) is 2.34. The van der Waals surface area contributed by atoms with Crippen LogP contribution in [0.2, 0.25) is 0 Å². The van der Waals surface area contributed by atoms with Gasteiger partial charge in [0, 0.05) is 23.2 Å². The lowest BCUT2D eigenvalue weighted by molar-refractivity contribution is 0.102. The third-order valence-corrected chi connectivity index (χ3v) is 4.02. The lowest BCUT2D eigenvalue weighted by Gasteiger charge is -2.11. The lowest BCUT2D eigenvalue weighted by atomic mass is 10.2. The summed E-state index contributed by atoms with van der Waals surface area (Å²) < 4.78 is 6.39. The van der Waals surface area contributed by atoms with E-state index in [2.05, 4.69) is 36.8 Å². The Balaban J connectivity index is 1.55. The van der Waals surface area contributed by atoms with Crippen LogP contribution in [-0.2, 0) is 4.74 Å². The Labute approximate surface area is 142 Å². The molecule has 3 rings (SSSR count). The van der Waals surface area contributed by atoms with Crippen molar-refractivity contribution >= 4 is 33.5 Å². The van der Waals surface area contributed by atoms with Gasteiger partial charge in [0.2, 0.25) is 0 Å². The third-order valence-electron chi connectivity index (χ3n) is 3.53. The first-order valence-electron chi connectivity index (χ1n) is 7.47. The molecule has 1 aliphatic heterocycles. The van der Waals surface area contributed by atoms with Crippen molar-refractivity contribution in [1.82, 2.24) is 10.2 Å². The normalized spacial score (nSPS) is 17.0. The first kappa shape index (κ1) is 15.9.